The van der Waals surface area contributed by atoms with E-state index >= 15 is 0 Å². The molecule has 2 bridgehead atoms. The molecule has 166 valence electrons. The number of aromatic hydroxyl groups is 1. The molecule has 0 aliphatic carbocycles. The largest absolute Gasteiger partial charge is 0.479 e. The second-order valence-electron chi connectivity index (χ2n) is 8.63. The molecule has 0 aromatic carbocycles. The second-order valence-corrected chi connectivity index (χ2v) is 8.63. The molecule has 33 heavy (non-hydrogen) atoms. The maximum atomic E-state index is 13.9. The molecular weight excluding hydrogens is 421 g/mol. The average Bonchev–Trinajstić information content (AvgIpc) is 3.19. The summed E-state index contributed by atoms with van der Waals surface area (Å²) in [4.78, 5) is 23.9. The summed E-state index contributed by atoms with van der Waals surface area (Å²) in [5, 5.41) is 10.00. The van der Waals surface area contributed by atoms with Gasteiger partial charge < -0.3 is 14.6 Å². The number of fused-ring (bicyclic) bond motifs is 3. The fourth-order valence-corrected chi connectivity index (χ4v) is 4.83. The van der Waals surface area contributed by atoms with Crippen LogP contribution in [0.25, 0.3) is 28.1 Å². The van der Waals surface area contributed by atoms with Crippen LogP contribution in [0.15, 0.2) is 43.0 Å². The lowest BCUT2D eigenvalue weighted by Crippen LogP contribution is -2.35. The molecule has 0 unspecified atom stereocenters. The molecule has 0 amide bonds. The van der Waals surface area contributed by atoms with E-state index in [2.05, 4.69) is 37.1 Å². The molecule has 0 spiro atoms. The summed E-state index contributed by atoms with van der Waals surface area (Å²) in [5.74, 6) is 0.644. The van der Waals surface area contributed by atoms with E-state index in [9.17, 15) is 9.50 Å². The Morgan fingerprint density at radius 3 is 2.61 bits per heavy atom. The smallest absolute Gasteiger partial charge is 0.316 e. The highest BCUT2D eigenvalue weighted by molar-refractivity contribution is 5.79. The zero-order valence-electron chi connectivity index (χ0n) is 18.1. The number of piperidine rings is 1. The molecule has 1 fully saturated rings. The molecule has 1 N–H and O–H groups in total. The van der Waals surface area contributed by atoms with Gasteiger partial charge in [-0.3, -0.25) is 9.97 Å². The SMILES string of the molecule is Cc1nc(O)nc2c1nc(-c1cncc(F)c1)n2Cc1ccc(C2=CN3CCC2CC3)cn1. The first-order valence-electron chi connectivity index (χ1n) is 11.0. The monoisotopic (exact) mass is 443 g/mol. The number of aromatic nitrogens is 6. The van der Waals surface area contributed by atoms with Crippen molar-refractivity contribution < 1.29 is 9.50 Å². The molecule has 4 aromatic heterocycles. The van der Waals surface area contributed by atoms with Gasteiger partial charge in [-0.25, -0.2) is 9.37 Å². The van der Waals surface area contributed by atoms with E-state index in [4.69, 9.17) is 4.98 Å². The highest BCUT2D eigenvalue weighted by Gasteiger charge is 2.28. The number of allylic oxidation sites excluding steroid dienone is 1. The van der Waals surface area contributed by atoms with Crippen LogP contribution in [-0.4, -0.2) is 52.6 Å². The summed E-state index contributed by atoms with van der Waals surface area (Å²) in [5.41, 5.74) is 5.38. The Bertz CT molecular complexity index is 1390. The lowest BCUT2D eigenvalue weighted by Gasteiger charge is -2.39. The fraction of sp³-hybridized carbons (Fsp3) is 0.292. The molecule has 4 aromatic rings. The Hall–Kier alpha value is -3.88. The van der Waals surface area contributed by atoms with Gasteiger partial charge in [0.1, 0.15) is 17.2 Å². The van der Waals surface area contributed by atoms with Crippen LogP contribution < -0.4 is 0 Å². The van der Waals surface area contributed by atoms with Crippen LogP contribution in [-0.2, 0) is 6.54 Å². The van der Waals surface area contributed by atoms with Crippen molar-refractivity contribution in [2.75, 3.05) is 13.1 Å². The number of rotatable bonds is 4. The van der Waals surface area contributed by atoms with Crippen molar-refractivity contribution in [3.05, 3.63) is 65.8 Å². The Balaban J connectivity index is 1.40. The molecule has 7 rings (SSSR count). The third-order valence-electron chi connectivity index (χ3n) is 6.49. The average molecular weight is 443 g/mol. The summed E-state index contributed by atoms with van der Waals surface area (Å²) in [7, 11) is 0. The van der Waals surface area contributed by atoms with Gasteiger partial charge in [0, 0.05) is 37.2 Å². The first-order chi connectivity index (χ1) is 16.0. The molecule has 0 saturated carbocycles. The van der Waals surface area contributed by atoms with Gasteiger partial charge in [0.15, 0.2) is 5.65 Å². The third kappa shape index (κ3) is 3.49. The lowest BCUT2D eigenvalue weighted by molar-refractivity contribution is 0.252. The topological polar surface area (TPSA) is 92.8 Å². The van der Waals surface area contributed by atoms with Crippen molar-refractivity contribution in [3.63, 3.8) is 0 Å². The quantitative estimate of drug-likeness (QED) is 0.516. The van der Waals surface area contributed by atoms with Crippen LogP contribution in [0.4, 0.5) is 4.39 Å². The van der Waals surface area contributed by atoms with Gasteiger partial charge in [-0.2, -0.15) is 9.97 Å². The van der Waals surface area contributed by atoms with Crippen molar-refractivity contribution >= 4 is 16.7 Å². The van der Waals surface area contributed by atoms with Gasteiger partial charge >= 0.3 is 6.01 Å². The predicted molar refractivity (Wildman–Crippen MR) is 121 cm³/mol. The van der Waals surface area contributed by atoms with Crippen molar-refractivity contribution in [3.8, 4) is 17.4 Å². The zero-order chi connectivity index (χ0) is 22.5. The minimum atomic E-state index is -0.454. The number of halogens is 1. The zero-order valence-corrected chi connectivity index (χ0v) is 18.1. The molecule has 3 aliphatic heterocycles. The summed E-state index contributed by atoms with van der Waals surface area (Å²) >= 11 is 0. The number of hydrogen-bond donors (Lipinski definition) is 1. The number of nitrogens with zero attached hydrogens (tertiary/aromatic N) is 7. The number of hydrogen-bond acceptors (Lipinski definition) is 7. The van der Waals surface area contributed by atoms with Crippen LogP contribution in [0.2, 0.25) is 0 Å². The number of pyridine rings is 2. The highest BCUT2D eigenvalue weighted by atomic mass is 19.1. The maximum Gasteiger partial charge on any atom is 0.316 e. The van der Waals surface area contributed by atoms with E-state index in [0.29, 0.717) is 40.7 Å². The standard InChI is InChI=1S/C24H22FN7O/c1-14-21-23(30-24(33)28-14)32(22(29-21)17-8-18(25)11-26-9-17)12-19-3-2-16(10-27-19)20-13-31-6-4-15(20)5-7-31/h2-3,8-11,13,15H,4-7,12H2,1H3,(H,28,30,33). The highest BCUT2D eigenvalue weighted by Crippen LogP contribution is 2.37. The molecule has 8 nitrogen and oxygen atoms in total. The van der Waals surface area contributed by atoms with Gasteiger partial charge in [-0.05, 0) is 49.0 Å². The first kappa shape index (κ1) is 19.8. The maximum absolute atomic E-state index is 13.9. The second kappa shape index (κ2) is 7.61. The van der Waals surface area contributed by atoms with Gasteiger partial charge in [-0.1, -0.05) is 6.07 Å². The van der Waals surface area contributed by atoms with E-state index in [1.165, 1.54) is 24.5 Å². The fourth-order valence-electron chi connectivity index (χ4n) is 4.83. The van der Waals surface area contributed by atoms with Gasteiger partial charge in [0.25, 0.3) is 0 Å². The minimum absolute atomic E-state index is 0.331. The van der Waals surface area contributed by atoms with E-state index in [1.807, 2.05) is 16.8 Å². The molecular formula is C24H22FN7O. The molecule has 1 saturated heterocycles. The number of aryl methyl sites for hydroxylation is 1. The van der Waals surface area contributed by atoms with E-state index in [1.54, 1.807) is 13.1 Å². The van der Waals surface area contributed by atoms with Crippen LogP contribution in [0.5, 0.6) is 6.01 Å². The van der Waals surface area contributed by atoms with Crippen molar-refractivity contribution in [2.45, 2.75) is 26.3 Å². The van der Waals surface area contributed by atoms with Crippen molar-refractivity contribution in [2.24, 2.45) is 5.92 Å². The summed E-state index contributed by atoms with van der Waals surface area (Å²) < 4.78 is 15.7. The molecule has 0 atom stereocenters. The Kier molecular flexibility index (Phi) is 4.56. The van der Waals surface area contributed by atoms with E-state index in [-0.39, 0.29) is 6.01 Å². The van der Waals surface area contributed by atoms with Crippen LogP contribution in [0, 0.1) is 18.7 Å². The molecule has 0 radical (unpaired) electrons. The van der Waals surface area contributed by atoms with Crippen molar-refractivity contribution in [1.29, 1.82) is 0 Å². The number of imidazole rings is 1. The van der Waals surface area contributed by atoms with Gasteiger partial charge in [0.05, 0.1) is 24.1 Å². The van der Waals surface area contributed by atoms with E-state index in [0.717, 1.165) is 30.5 Å². The summed E-state index contributed by atoms with van der Waals surface area (Å²) in [6.45, 7) is 4.38. The van der Waals surface area contributed by atoms with E-state index < -0.39 is 5.82 Å². The van der Waals surface area contributed by atoms with Crippen molar-refractivity contribution in [1.82, 2.24) is 34.4 Å². The summed E-state index contributed by atoms with van der Waals surface area (Å²) in [6, 6.07) is 5.16. The Morgan fingerprint density at radius 1 is 1.06 bits per heavy atom. The summed E-state index contributed by atoms with van der Waals surface area (Å²) in [6.07, 6.45) is 9.29. The molecule has 3 aliphatic rings. The van der Waals surface area contributed by atoms with Crippen LogP contribution in [0.3, 0.4) is 0 Å². The molecule has 7 heterocycles. The van der Waals surface area contributed by atoms with Gasteiger partial charge in [0.2, 0.25) is 0 Å². The third-order valence-corrected chi connectivity index (χ3v) is 6.49. The lowest BCUT2D eigenvalue weighted by atomic mass is 9.83. The Morgan fingerprint density at radius 2 is 1.91 bits per heavy atom. The molecule has 9 heteroatoms. The normalized spacial score (nSPS) is 15.9. The predicted octanol–water partition coefficient (Wildman–Crippen LogP) is 3.55. The minimum Gasteiger partial charge on any atom is -0.479 e. The van der Waals surface area contributed by atoms with Crippen LogP contribution in [0.1, 0.15) is 29.8 Å². The first-order valence-corrected chi connectivity index (χ1v) is 11.0. The van der Waals surface area contributed by atoms with Crippen LogP contribution >= 0.6 is 0 Å². The Labute approximate surface area is 189 Å². The van der Waals surface area contributed by atoms with Gasteiger partial charge in [-0.15, -0.1) is 0 Å².